The van der Waals surface area contributed by atoms with Crippen LogP contribution in [0.1, 0.15) is 65.4 Å². The maximum atomic E-state index is 12.3. The van der Waals surface area contributed by atoms with Gasteiger partial charge in [0.2, 0.25) is 0 Å². The van der Waals surface area contributed by atoms with Gasteiger partial charge in [0.05, 0.1) is 24.7 Å². The summed E-state index contributed by atoms with van der Waals surface area (Å²) in [7, 11) is 0. The Balaban J connectivity index is 1.93. The van der Waals surface area contributed by atoms with E-state index in [1.54, 1.807) is 27.7 Å². The first kappa shape index (κ1) is 25.1. The van der Waals surface area contributed by atoms with E-state index in [2.05, 4.69) is 5.32 Å². The molecule has 0 bridgehead atoms. The summed E-state index contributed by atoms with van der Waals surface area (Å²) in [6.45, 7) is 8.02. The molecule has 1 amide bonds. The minimum atomic E-state index is -0.971. The van der Waals surface area contributed by atoms with E-state index < -0.39 is 35.7 Å². The number of nitrogens with one attached hydrogen (secondary N) is 1. The minimum Gasteiger partial charge on any atom is -0.481 e. The van der Waals surface area contributed by atoms with Crippen LogP contribution < -0.4 is 5.32 Å². The molecule has 1 aromatic carbocycles. The number of aliphatic carboxylic acids is 1. The van der Waals surface area contributed by atoms with E-state index in [9.17, 15) is 19.8 Å². The molecule has 1 aliphatic rings. The van der Waals surface area contributed by atoms with Gasteiger partial charge >= 0.3 is 12.1 Å². The summed E-state index contributed by atoms with van der Waals surface area (Å²) in [4.78, 5) is 23.5. The Labute approximate surface area is 185 Å². The van der Waals surface area contributed by atoms with Crippen molar-refractivity contribution in [3.05, 3.63) is 35.9 Å². The lowest BCUT2D eigenvalue weighted by Crippen LogP contribution is -2.47. The van der Waals surface area contributed by atoms with Crippen LogP contribution in [0.2, 0.25) is 0 Å². The third-order valence-electron chi connectivity index (χ3n) is 5.68. The molecule has 7 heteroatoms. The summed E-state index contributed by atoms with van der Waals surface area (Å²) < 4.78 is 11.2. The third-order valence-corrected chi connectivity index (χ3v) is 5.68. The number of aliphatic hydroxyl groups is 1. The molecule has 0 heterocycles. The highest BCUT2D eigenvalue weighted by Gasteiger charge is 2.45. The van der Waals surface area contributed by atoms with Gasteiger partial charge in [-0.2, -0.15) is 0 Å². The van der Waals surface area contributed by atoms with Gasteiger partial charge in [-0.25, -0.2) is 4.79 Å². The second kappa shape index (κ2) is 11.0. The van der Waals surface area contributed by atoms with E-state index in [0.29, 0.717) is 19.6 Å². The Morgan fingerprint density at radius 3 is 2.39 bits per heavy atom. The zero-order chi connectivity index (χ0) is 23.1. The van der Waals surface area contributed by atoms with Crippen LogP contribution in [-0.2, 0) is 20.9 Å². The Bertz CT molecular complexity index is 711. The molecule has 31 heavy (non-hydrogen) atoms. The number of hydrogen-bond donors (Lipinski definition) is 3. The normalized spacial score (nSPS) is 18.0. The van der Waals surface area contributed by atoms with Crippen molar-refractivity contribution in [2.75, 3.05) is 6.61 Å². The fraction of sp³-hybridized carbons (Fsp3) is 0.667. The van der Waals surface area contributed by atoms with Crippen molar-refractivity contribution in [2.24, 2.45) is 11.3 Å². The van der Waals surface area contributed by atoms with Gasteiger partial charge in [0.1, 0.15) is 5.60 Å². The Morgan fingerprint density at radius 1 is 1.19 bits per heavy atom. The Hall–Kier alpha value is -2.12. The zero-order valence-electron chi connectivity index (χ0n) is 19.1. The van der Waals surface area contributed by atoms with Gasteiger partial charge in [0, 0.05) is 6.61 Å². The highest BCUT2D eigenvalue weighted by molar-refractivity contribution is 5.70. The maximum absolute atomic E-state index is 12.3. The lowest BCUT2D eigenvalue weighted by Gasteiger charge is -2.30. The van der Waals surface area contributed by atoms with E-state index in [1.807, 2.05) is 30.3 Å². The van der Waals surface area contributed by atoms with E-state index in [-0.39, 0.29) is 11.8 Å². The van der Waals surface area contributed by atoms with Crippen LogP contribution in [0.5, 0.6) is 0 Å². The number of carboxylic acids is 1. The first-order chi connectivity index (χ1) is 14.5. The molecule has 3 atom stereocenters. The number of carboxylic acid groups (broad SMARTS) is 1. The molecule has 0 aliphatic heterocycles. The number of benzene rings is 1. The Morgan fingerprint density at radius 2 is 1.84 bits per heavy atom. The van der Waals surface area contributed by atoms with Gasteiger partial charge < -0.3 is 25.0 Å². The van der Waals surface area contributed by atoms with Crippen LogP contribution >= 0.6 is 0 Å². The van der Waals surface area contributed by atoms with Crippen molar-refractivity contribution in [3.8, 4) is 0 Å². The number of aliphatic hydroxyl groups excluding tert-OH is 1. The predicted octanol–water partition coefficient (Wildman–Crippen LogP) is 4.13. The molecule has 3 unspecified atom stereocenters. The van der Waals surface area contributed by atoms with E-state index >= 15 is 0 Å². The molecule has 1 aliphatic carbocycles. The van der Waals surface area contributed by atoms with Gasteiger partial charge in [-0.1, -0.05) is 37.3 Å². The standard InChI is InChI=1S/C24H37NO6/c1-17(21(27)28)14-20(26)19(25-22(29)31-23(2,3)4)15-24(10-11-24)12-13-30-16-18-8-6-5-7-9-18/h5-9,17,19-20,26H,10-16H2,1-4H3,(H,25,29)(H,27,28). The quantitative estimate of drug-likeness (QED) is 0.427. The summed E-state index contributed by atoms with van der Waals surface area (Å²) in [6.07, 6.45) is 1.88. The molecule has 0 radical (unpaired) electrons. The van der Waals surface area contributed by atoms with Crippen LogP contribution in [0.25, 0.3) is 0 Å². The molecular formula is C24H37NO6. The van der Waals surface area contributed by atoms with Crippen molar-refractivity contribution in [1.29, 1.82) is 0 Å². The average molecular weight is 436 g/mol. The number of ether oxygens (including phenoxy) is 2. The largest absolute Gasteiger partial charge is 0.481 e. The summed E-state index contributed by atoms with van der Waals surface area (Å²) >= 11 is 0. The van der Waals surface area contributed by atoms with E-state index in [4.69, 9.17) is 9.47 Å². The number of carbonyl (C=O) groups excluding carboxylic acids is 1. The van der Waals surface area contributed by atoms with Crippen LogP contribution in [0.4, 0.5) is 4.79 Å². The number of hydrogen-bond acceptors (Lipinski definition) is 5. The molecule has 7 nitrogen and oxygen atoms in total. The first-order valence-corrected chi connectivity index (χ1v) is 11.0. The van der Waals surface area contributed by atoms with Gasteiger partial charge in [-0.05, 0) is 63.9 Å². The third kappa shape index (κ3) is 9.27. The van der Waals surface area contributed by atoms with Gasteiger partial charge in [0.25, 0.3) is 0 Å². The smallest absolute Gasteiger partial charge is 0.407 e. The summed E-state index contributed by atoms with van der Waals surface area (Å²) in [6, 6.07) is 9.40. The van der Waals surface area contributed by atoms with E-state index in [1.165, 1.54) is 0 Å². The fourth-order valence-electron chi connectivity index (χ4n) is 3.62. The average Bonchev–Trinajstić information content (AvgIpc) is 3.43. The van der Waals surface area contributed by atoms with Crippen molar-refractivity contribution in [2.45, 2.75) is 84.2 Å². The highest BCUT2D eigenvalue weighted by Crippen LogP contribution is 2.53. The lowest BCUT2D eigenvalue weighted by molar-refractivity contribution is -0.142. The van der Waals surface area contributed by atoms with Gasteiger partial charge in [-0.3, -0.25) is 4.79 Å². The molecule has 0 aromatic heterocycles. The molecule has 174 valence electrons. The van der Waals surface area contributed by atoms with Crippen LogP contribution in [-0.4, -0.2) is 46.6 Å². The van der Waals surface area contributed by atoms with E-state index in [0.717, 1.165) is 24.8 Å². The maximum Gasteiger partial charge on any atom is 0.407 e. The Kier molecular flexibility index (Phi) is 8.89. The monoisotopic (exact) mass is 435 g/mol. The van der Waals surface area contributed by atoms with Crippen molar-refractivity contribution in [3.63, 3.8) is 0 Å². The number of alkyl carbamates (subject to hydrolysis) is 1. The molecule has 3 N–H and O–H groups in total. The van der Waals surface area contributed by atoms with Crippen LogP contribution in [0.3, 0.4) is 0 Å². The molecular weight excluding hydrogens is 398 g/mol. The first-order valence-electron chi connectivity index (χ1n) is 11.0. The highest BCUT2D eigenvalue weighted by atomic mass is 16.6. The molecule has 0 saturated heterocycles. The molecule has 1 saturated carbocycles. The molecule has 2 rings (SSSR count). The number of amides is 1. The number of carbonyl (C=O) groups is 2. The lowest BCUT2D eigenvalue weighted by atomic mass is 9.88. The van der Waals surface area contributed by atoms with Crippen LogP contribution in [0, 0.1) is 11.3 Å². The van der Waals surface area contributed by atoms with Crippen molar-refractivity contribution < 1.29 is 29.3 Å². The fourth-order valence-corrected chi connectivity index (χ4v) is 3.62. The SMILES string of the molecule is CC(CC(O)C(CC1(CCOCc2ccccc2)CC1)NC(=O)OC(C)(C)C)C(=O)O. The summed E-state index contributed by atoms with van der Waals surface area (Å²) in [5.74, 6) is -1.67. The predicted molar refractivity (Wildman–Crippen MR) is 118 cm³/mol. The van der Waals surface area contributed by atoms with Crippen molar-refractivity contribution in [1.82, 2.24) is 5.32 Å². The minimum absolute atomic E-state index is 0.0101. The molecule has 1 aromatic rings. The van der Waals surface area contributed by atoms with Crippen molar-refractivity contribution >= 4 is 12.1 Å². The second-order valence-electron chi connectivity index (χ2n) is 9.79. The number of rotatable bonds is 12. The van der Waals surface area contributed by atoms with Gasteiger partial charge in [-0.15, -0.1) is 0 Å². The summed E-state index contributed by atoms with van der Waals surface area (Å²) in [5, 5.41) is 22.7. The van der Waals surface area contributed by atoms with Gasteiger partial charge in [0.15, 0.2) is 0 Å². The zero-order valence-corrected chi connectivity index (χ0v) is 19.1. The second-order valence-corrected chi connectivity index (χ2v) is 9.79. The summed E-state index contributed by atoms with van der Waals surface area (Å²) in [5.41, 5.74) is 0.454. The molecule has 1 fully saturated rings. The molecule has 0 spiro atoms. The van der Waals surface area contributed by atoms with Crippen LogP contribution in [0.15, 0.2) is 30.3 Å². The topological polar surface area (TPSA) is 105 Å².